The number of aromatic amines is 1. The molecule has 1 heterocycles. The monoisotopic (exact) mass is 644 g/mol. The van der Waals surface area contributed by atoms with Gasteiger partial charge in [-0.05, 0) is 60.7 Å². The fourth-order valence-corrected chi connectivity index (χ4v) is 6.62. The summed E-state index contributed by atoms with van der Waals surface area (Å²) in [6, 6.07) is -1.06. The zero-order chi connectivity index (χ0) is 34.9. The van der Waals surface area contributed by atoms with Crippen molar-refractivity contribution in [3.05, 3.63) is 21.6 Å². The molecule has 0 saturated heterocycles. The highest BCUT2D eigenvalue weighted by Crippen LogP contribution is 2.46. The number of hydrogen-bond acceptors (Lipinski definition) is 10. The maximum absolute atomic E-state index is 12.8. The van der Waals surface area contributed by atoms with Gasteiger partial charge in [-0.25, -0.2) is 35.0 Å². The van der Waals surface area contributed by atoms with E-state index in [9.17, 15) is 24.0 Å². The minimum atomic E-state index is -0.672. The van der Waals surface area contributed by atoms with E-state index in [1.807, 2.05) is 20.8 Å². The van der Waals surface area contributed by atoms with Crippen molar-refractivity contribution >= 4 is 30.2 Å². The van der Waals surface area contributed by atoms with E-state index in [1.54, 1.807) is 19.1 Å². The number of H-pyrrole nitrogens is 1. The predicted molar refractivity (Wildman–Crippen MR) is 175 cm³/mol. The van der Waals surface area contributed by atoms with Crippen molar-refractivity contribution in [1.82, 2.24) is 20.6 Å². The van der Waals surface area contributed by atoms with E-state index >= 15 is 0 Å². The van der Waals surface area contributed by atoms with Crippen molar-refractivity contribution in [1.29, 1.82) is 0 Å². The zero-order valence-electron chi connectivity index (χ0n) is 28.8. The summed E-state index contributed by atoms with van der Waals surface area (Å²) in [7, 11) is 0. The van der Waals surface area contributed by atoms with Crippen LogP contribution >= 0.6 is 0 Å². The molecular formula is C32H52N8O6. The van der Waals surface area contributed by atoms with E-state index in [2.05, 4.69) is 65.2 Å². The van der Waals surface area contributed by atoms with E-state index in [1.165, 1.54) is 0 Å². The number of hydrogen-bond donors (Lipinski definition) is 4. The van der Waals surface area contributed by atoms with E-state index in [0.29, 0.717) is 37.1 Å². The van der Waals surface area contributed by atoms with Crippen molar-refractivity contribution in [3.8, 4) is 0 Å². The summed E-state index contributed by atoms with van der Waals surface area (Å²) in [6.07, 6.45) is 6.31. The van der Waals surface area contributed by atoms with Crippen LogP contribution in [-0.4, -0.2) is 66.0 Å². The van der Waals surface area contributed by atoms with Crippen LogP contribution in [0.4, 0.5) is 15.5 Å². The van der Waals surface area contributed by atoms with Crippen LogP contribution in [0.25, 0.3) is 0 Å². The third-order valence-electron chi connectivity index (χ3n) is 8.16. The summed E-state index contributed by atoms with van der Waals surface area (Å²) in [5.74, 6) is 5.85. The molecule has 0 radical (unpaired) electrons. The highest BCUT2D eigenvalue weighted by Gasteiger charge is 2.41. The summed E-state index contributed by atoms with van der Waals surface area (Å²) in [4.78, 5) is 74.6. The number of amides is 3. The van der Waals surface area contributed by atoms with Crippen LogP contribution in [0, 0.1) is 28.6 Å². The van der Waals surface area contributed by atoms with Gasteiger partial charge in [0.2, 0.25) is 18.1 Å². The SMILES string of the molecule is Cc1[nH]c(N(N)C(=O)NCC(C)(C)CC(CC(C)(C)C)N=C=O)nc(=O)c1CCOC(=O)NCC1(C)CC(N=C=O)CC(C)(C)C1. The summed E-state index contributed by atoms with van der Waals surface area (Å²) in [5, 5.41) is 6.29. The second kappa shape index (κ2) is 15.6. The number of rotatable bonds is 13. The van der Waals surface area contributed by atoms with Gasteiger partial charge in [0.15, 0.2) is 0 Å². The van der Waals surface area contributed by atoms with Crippen LogP contribution in [0.3, 0.4) is 0 Å². The van der Waals surface area contributed by atoms with Crippen molar-refractivity contribution in [2.75, 3.05) is 24.7 Å². The van der Waals surface area contributed by atoms with Gasteiger partial charge in [-0.15, -0.1) is 0 Å². The zero-order valence-corrected chi connectivity index (χ0v) is 28.8. The Morgan fingerprint density at radius 3 is 2.39 bits per heavy atom. The van der Waals surface area contributed by atoms with E-state index < -0.39 is 23.1 Å². The molecule has 1 aromatic rings. The van der Waals surface area contributed by atoms with Crippen LogP contribution in [0.15, 0.2) is 14.8 Å². The van der Waals surface area contributed by atoms with Crippen molar-refractivity contribution in [2.45, 2.75) is 113 Å². The maximum Gasteiger partial charge on any atom is 0.407 e. The Balaban J connectivity index is 1.92. The quantitative estimate of drug-likeness (QED) is 0.0803. The molecule has 1 aliphatic carbocycles. The molecule has 0 spiro atoms. The number of nitrogens with zero attached hydrogens (tertiary/aromatic N) is 4. The Labute approximate surface area is 271 Å². The molecule has 14 heteroatoms. The number of anilines is 1. The molecule has 1 aliphatic rings. The summed E-state index contributed by atoms with van der Waals surface area (Å²) in [6.45, 7) is 18.5. The number of nitrogens with two attached hydrogens (primary N) is 1. The molecular weight excluding hydrogens is 592 g/mol. The average molecular weight is 645 g/mol. The number of urea groups is 1. The minimum Gasteiger partial charge on any atom is -0.449 e. The van der Waals surface area contributed by atoms with Gasteiger partial charge >= 0.3 is 12.1 Å². The standard InChI is InChI=1S/C32H52N8O6/c1-21-24(10-11-46-28(45)35-18-32(9)15-23(37-20-42)13-30(5,6)16-32)25(43)39-26(38-21)40(33)27(44)34-17-31(7,8)14-22(36-19-41)12-29(2,3)4/h22-23H,10-18,33H2,1-9H3,(H,34,44)(H,35,45)(H,38,39,43). The van der Waals surface area contributed by atoms with Gasteiger partial charge in [0, 0.05) is 30.8 Å². The van der Waals surface area contributed by atoms with Gasteiger partial charge in [0.05, 0.1) is 18.7 Å². The number of aromatic nitrogens is 2. The lowest BCUT2D eigenvalue weighted by Crippen LogP contribution is -2.49. The number of nitrogens with one attached hydrogen (secondary N) is 3. The molecule has 256 valence electrons. The lowest BCUT2D eigenvalue weighted by atomic mass is 9.63. The number of carbonyl (C=O) groups excluding carboxylic acids is 4. The molecule has 5 N–H and O–H groups in total. The molecule has 1 fully saturated rings. The van der Waals surface area contributed by atoms with E-state index in [4.69, 9.17) is 10.6 Å². The number of carbonyl (C=O) groups is 2. The Hall–Kier alpha value is -3.86. The topological polar surface area (TPSA) is 201 Å². The van der Waals surface area contributed by atoms with Crippen LogP contribution in [0.5, 0.6) is 0 Å². The summed E-state index contributed by atoms with van der Waals surface area (Å²) >= 11 is 0. The molecule has 14 nitrogen and oxygen atoms in total. The van der Waals surface area contributed by atoms with Gasteiger partial charge in [-0.1, -0.05) is 55.4 Å². The molecule has 0 aliphatic heterocycles. The van der Waals surface area contributed by atoms with Gasteiger partial charge in [0.25, 0.3) is 5.56 Å². The number of aryl methyl sites for hydroxylation is 1. The highest BCUT2D eigenvalue weighted by molar-refractivity contribution is 5.88. The van der Waals surface area contributed by atoms with Gasteiger partial charge < -0.3 is 20.4 Å². The Morgan fingerprint density at radius 1 is 1.13 bits per heavy atom. The van der Waals surface area contributed by atoms with Crippen molar-refractivity contribution in [2.24, 2.45) is 37.5 Å². The van der Waals surface area contributed by atoms with E-state index in [-0.39, 0.29) is 53.8 Å². The lowest BCUT2D eigenvalue weighted by molar-refractivity contribution is 0.0785. The molecule has 3 amide bonds. The molecule has 3 atom stereocenters. The molecule has 2 rings (SSSR count). The van der Waals surface area contributed by atoms with E-state index in [0.717, 1.165) is 17.9 Å². The molecule has 46 heavy (non-hydrogen) atoms. The molecule has 0 aromatic carbocycles. The highest BCUT2D eigenvalue weighted by atomic mass is 16.5. The fourth-order valence-electron chi connectivity index (χ4n) is 6.62. The predicted octanol–water partition coefficient (Wildman–Crippen LogP) is 4.21. The summed E-state index contributed by atoms with van der Waals surface area (Å²) in [5.41, 5.74) is -0.648. The second-order valence-electron chi connectivity index (χ2n) is 15.7. The third-order valence-corrected chi connectivity index (χ3v) is 8.16. The first kappa shape index (κ1) is 38.3. The van der Waals surface area contributed by atoms with Crippen LogP contribution < -0.4 is 27.0 Å². The molecule has 1 saturated carbocycles. The fraction of sp³-hybridized carbons (Fsp3) is 0.750. The first-order valence-corrected chi connectivity index (χ1v) is 15.7. The minimum absolute atomic E-state index is 0.0389. The average Bonchev–Trinajstić information content (AvgIpc) is 2.89. The smallest absolute Gasteiger partial charge is 0.407 e. The molecule has 0 bridgehead atoms. The van der Waals surface area contributed by atoms with Crippen molar-refractivity contribution < 1.29 is 23.9 Å². The molecule has 3 unspecified atom stereocenters. The number of ether oxygens (including phenoxy) is 1. The van der Waals surface area contributed by atoms with Gasteiger partial charge in [-0.3, -0.25) is 4.79 Å². The largest absolute Gasteiger partial charge is 0.449 e. The Morgan fingerprint density at radius 2 is 1.80 bits per heavy atom. The number of isocyanates is 2. The third kappa shape index (κ3) is 12.5. The normalized spacial score (nSPS) is 20.0. The van der Waals surface area contributed by atoms with Gasteiger partial charge in [0.1, 0.15) is 0 Å². The first-order chi connectivity index (χ1) is 21.2. The number of aliphatic imine (C=N–C) groups is 2. The Bertz CT molecular complexity index is 1390. The Kier molecular flexibility index (Phi) is 13.0. The van der Waals surface area contributed by atoms with Gasteiger partial charge in [-0.2, -0.15) is 9.99 Å². The van der Waals surface area contributed by atoms with Crippen LogP contribution in [-0.2, 0) is 20.7 Å². The first-order valence-electron chi connectivity index (χ1n) is 15.7. The summed E-state index contributed by atoms with van der Waals surface area (Å²) < 4.78 is 5.32. The van der Waals surface area contributed by atoms with Crippen LogP contribution in [0.1, 0.15) is 98.8 Å². The number of alkyl carbamates (subject to hydrolysis) is 1. The maximum atomic E-state index is 12.8. The van der Waals surface area contributed by atoms with Crippen LogP contribution in [0.2, 0.25) is 0 Å². The number of hydrazine groups is 1. The second-order valence-corrected chi connectivity index (χ2v) is 15.7. The van der Waals surface area contributed by atoms with Crippen molar-refractivity contribution in [3.63, 3.8) is 0 Å². The molecule has 1 aromatic heterocycles. The lowest BCUT2D eigenvalue weighted by Gasteiger charge is -2.45.